The van der Waals surface area contributed by atoms with Crippen LogP contribution in [0.25, 0.3) is 0 Å². The van der Waals surface area contributed by atoms with Gasteiger partial charge in [-0.25, -0.2) is 4.98 Å². The van der Waals surface area contributed by atoms with Gasteiger partial charge in [0, 0.05) is 43.9 Å². The maximum Gasteiger partial charge on any atom is 0.123 e. The summed E-state index contributed by atoms with van der Waals surface area (Å²) in [5.74, 6) is 1.10. The Bertz CT molecular complexity index is 644. The van der Waals surface area contributed by atoms with E-state index in [1.54, 1.807) is 0 Å². The Balaban J connectivity index is 1.50. The normalized spacial score (nSPS) is 23.6. The van der Waals surface area contributed by atoms with Crippen LogP contribution in [-0.2, 0) is 11.3 Å². The number of rotatable bonds is 4. The fourth-order valence-corrected chi connectivity index (χ4v) is 3.98. The third kappa shape index (κ3) is 3.26. The summed E-state index contributed by atoms with van der Waals surface area (Å²) in [5.41, 5.74) is 2.50. The van der Waals surface area contributed by atoms with Crippen LogP contribution in [0.2, 0.25) is 0 Å². The molecule has 2 aromatic heterocycles. The predicted molar refractivity (Wildman–Crippen MR) is 91.6 cm³/mol. The van der Waals surface area contributed by atoms with Crippen LogP contribution in [0, 0.1) is 6.92 Å². The van der Waals surface area contributed by atoms with Crippen molar-refractivity contribution in [3.63, 3.8) is 0 Å². The maximum absolute atomic E-state index is 5.48. The summed E-state index contributed by atoms with van der Waals surface area (Å²) in [7, 11) is 0. The van der Waals surface area contributed by atoms with Gasteiger partial charge < -0.3 is 9.72 Å². The van der Waals surface area contributed by atoms with Crippen molar-refractivity contribution in [1.29, 1.82) is 0 Å². The number of piperidine rings is 1. The molecular weight excluding hydrogens is 302 g/mol. The summed E-state index contributed by atoms with van der Waals surface area (Å²) in [5, 5.41) is 4.80. The number of imidazole rings is 1. The number of ether oxygens (including phenoxy) is 1. The van der Waals surface area contributed by atoms with E-state index in [4.69, 9.17) is 9.84 Å². The van der Waals surface area contributed by atoms with Gasteiger partial charge in [-0.1, -0.05) is 6.42 Å². The van der Waals surface area contributed by atoms with E-state index in [0.717, 1.165) is 50.7 Å². The van der Waals surface area contributed by atoms with Crippen molar-refractivity contribution in [1.82, 2.24) is 24.6 Å². The zero-order chi connectivity index (χ0) is 16.4. The van der Waals surface area contributed by atoms with Crippen molar-refractivity contribution in [3.05, 3.63) is 35.7 Å². The third-order valence-corrected chi connectivity index (χ3v) is 5.41. The summed E-state index contributed by atoms with van der Waals surface area (Å²) in [6.45, 7) is 5.93. The molecule has 0 bridgehead atoms. The van der Waals surface area contributed by atoms with Crippen molar-refractivity contribution in [3.8, 4) is 0 Å². The van der Waals surface area contributed by atoms with E-state index in [-0.39, 0.29) is 0 Å². The van der Waals surface area contributed by atoms with E-state index in [0.29, 0.717) is 12.1 Å². The van der Waals surface area contributed by atoms with Crippen LogP contribution in [0.1, 0.15) is 61.3 Å². The Labute approximate surface area is 143 Å². The molecular formula is C18H27N5O. The number of nitrogens with one attached hydrogen (secondary N) is 1. The summed E-state index contributed by atoms with van der Waals surface area (Å²) >= 11 is 0. The molecule has 0 aliphatic carbocycles. The lowest BCUT2D eigenvalue weighted by molar-refractivity contribution is 0.0661. The molecule has 2 aliphatic rings. The van der Waals surface area contributed by atoms with E-state index in [9.17, 15) is 0 Å². The fraction of sp³-hybridized carbons (Fsp3) is 0.667. The molecule has 2 aromatic rings. The number of aryl methyl sites for hydroxylation is 1. The topological polar surface area (TPSA) is 59.0 Å². The quantitative estimate of drug-likeness (QED) is 0.937. The molecule has 0 radical (unpaired) electrons. The SMILES string of the molecule is Cc1nn(C2CCOCC2)cc1CN1CCCCC1c1ncc[nH]1. The molecule has 1 N–H and O–H groups in total. The average molecular weight is 329 g/mol. The van der Waals surface area contributed by atoms with Gasteiger partial charge in [0.1, 0.15) is 5.82 Å². The second kappa shape index (κ2) is 7.07. The van der Waals surface area contributed by atoms with Gasteiger partial charge >= 0.3 is 0 Å². The van der Waals surface area contributed by atoms with E-state index in [1.165, 1.54) is 24.8 Å². The number of aromatic amines is 1. The van der Waals surface area contributed by atoms with Gasteiger partial charge in [0.15, 0.2) is 0 Å². The molecule has 6 nitrogen and oxygen atoms in total. The van der Waals surface area contributed by atoms with Crippen molar-refractivity contribution in [2.75, 3.05) is 19.8 Å². The molecule has 24 heavy (non-hydrogen) atoms. The Kier molecular flexibility index (Phi) is 4.67. The molecule has 2 fully saturated rings. The fourth-order valence-electron chi connectivity index (χ4n) is 3.98. The van der Waals surface area contributed by atoms with E-state index in [2.05, 4.69) is 32.7 Å². The van der Waals surface area contributed by atoms with Crippen molar-refractivity contribution in [2.45, 2.75) is 57.7 Å². The molecule has 2 aliphatic heterocycles. The monoisotopic (exact) mass is 329 g/mol. The number of H-pyrrole nitrogens is 1. The third-order valence-electron chi connectivity index (χ3n) is 5.41. The molecule has 1 unspecified atom stereocenters. The molecule has 0 saturated carbocycles. The molecule has 6 heteroatoms. The van der Waals surface area contributed by atoms with Gasteiger partial charge in [-0.3, -0.25) is 9.58 Å². The van der Waals surface area contributed by atoms with Gasteiger partial charge in [0.25, 0.3) is 0 Å². The summed E-state index contributed by atoms with van der Waals surface area (Å²) < 4.78 is 7.65. The second-order valence-electron chi connectivity index (χ2n) is 7.02. The molecule has 0 aromatic carbocycles. The molecule has 1 atom stereocenters. The van der Waals surface area contributed by atoms with E-state index < -0.39 is 0 Å². The summed E-state index contributed by atoms with van der Waals surface area (Å²) in [6, 6.07) is 0.896. The largest absolute Gasteiger partial charge is 0.381 e. The number of hydrogen-bond donors (Lipinski definition) is 1. The Morgan fingerprint density at radius 2 is 2.12 bits per heavy atom. The molecule has 4 rings (SSSR count). The van der Waals surface area contributed by atoms with Crippen molar-refractivity contribution in [2.24, 2.45) is 0 Å². The molecule has 0 amide bonds. The Hall–Kier alpha value is -1.66. The number of nitrogens with zero attached hydrogens (tertiary/aromatic N) is 4. The minimum atomic E-state index is 0.402. The number of aromatic nitrogens is 4. The van der Waals surface area contributed by atoms with Crippen LogP contribution >= 0.6 is 0 Å². The highest BCUT2D eigenvalue weighted by Gasteiger charge is 2.27. The van der Waals surface area contributed by atoms with Gasteiger partial charge in [0.05, 0.1) is 17.8 Å². The number of likely N-dealkylation sites (tertiary alicyclic amines) is 1. The zero-order valence-electron chi connectivity index (χ0n) is 14.4. The van der Waals surface area contributed by atoms with Crippen LogP contribution < -0.4 is 0 Å². The van der Waals surface area contributed by atoms with E-state index in [1.807, 2.05) is 12.4 Å². The maximum atomic E-state index is 5.48. The first-order chi connectivity index (χ1) is 11.8. The second-order valence-corrected chi connectivity index (χ2v) is 7.02. The Morgan fingerprint density at radius 1 is 1.25 bits per heavy atom. The smallest absolute Gasteiger partial charge is 0.123 e. The molecule has 130 valence electrons. The minimum Gasteiger partial charge on any atom is -0.381 e. The molecule has 4 heterocycles. The van der Waals surface area contributed by atoms with Crippen LogP contribution in [-0.4, -0.2) is 44.4 Å². The first-order valence-electron chi connectivity index (χ1n) is 9.17. The molecule has 0 spiro atoms. The van der Waals surface area contributed by atoms with Crippen molar-refractivity contribution >= 4 is 0 Å². The van der Waals surface area contributed by atoms with Crippen LogP contribution in [0.5, 0.6) is 0 Å². The first kappa shape index (κ1) is 15.8. The standard InChI is InChI=1S/C18H27N5O/c1-14-15(13-23(21-14)16-5-10-24-11-6-16)12-22-9-3-2-4-17(22)18-19-7-8-20-18/h7-8,13,16-17H,2-6,9-12H2,1H3,(H,19,20). The van der Waals surface area contributed by atoms with Crippen molar-refractivity contribution < 1.29 is 4.74 Å². The zero-order valence-corrected chi connectivity index (χ0v) is 14.4. The Morgan fingerprint density at radius 3 is 2.92 bits per heavy atom. The molecule has 2 saturated heterocycles. The highest BCUT2D eigenvalue weighted by Crippen LogP contribution is 2.31. The van der Waals surface area contributed by atoms with E-state index >= 15 is 0 Å². The highest BCUT2D eigenvalue weighted by atomic mass is 16.5. The summed E-state index contributed by atoms with van der Waals surface area (Å²) in [6.07, 6.45) is 11.9. The number of hydrogen-bond acceptors (Lipinski definition) is 4. The lowest BCUT2D eigenvalue weighted by Crippen LogP contribution is -2.33. The average Bonchev–Trinajstić information content (AvgIpc) is 3.27. The van der Waals surface area contributed by atoms with Gasteiger partial charge in [-0.05, 0) is 39.2 Å². The van der Waals surface area contributed by atoms with Gasteiger partial charge in [-0.15, -0.1) is 0 Å². The lowest BCUT2D eigenvalue weighted by Gasteiger charge is -2.34. The minimum absolute atomic E-state index is 0.402. The summed E-state index contributed by atoms with van der Waals surface area (Å²) in [4.78, 5) is 10.4. The van der Waals surface area contributed by atoms with Crippen LogP contribution in [0.3, 0.4) is 0 Å². The van der Waals surface area contributed by atoms with Gasteiger partial charge in [-0.2, -0.15) is 5.10 Å². The van der Waals surface area contributed by atoms with Crippen LogP contribution in [0.15, 0.2) is 18.6 Å². The predicted octanol–water partition coefficient (Wildman–Crippen LogP) is 2.99. The van der Waals surface area contributed by atoms with Crippen LogP contribution in [0.4, 0.5) is 0 Å². The van der Waals surface area contributed by atoms with Gasteiger partial charge in [0.2, 0.25) is 0 Å². The lowest BCUT2D eigenvalue weighted by atomic mass is 10.0. The highest BCUT2D eigenvalue weighted by molar-refractivity contribution is 5.16. The first-order valence-corrected chi connectivity index (χ1v) is 9.17.